The van der Waals surface area contributed by atoms with Crippen LogP contribution in [0.25, 0.3) is 56.4 Å². The molecule has 0 bridgehead atoms. The van der Waals surface area contributed by atoms with E-state index in [0.29, 0.717) is 17.5 Å². The van der Waals surface area contributed by atoms with Crippen molar-refractivity contribution >= 4 is 0 Å². The molecule has 0 fully saturated rings. The van der Waals surface area contributed by atoms with Crippen molar-refractivity contribution in [3.63, 3.8) is 0 Å². The first kappa shape index (κ1) is 23.4. The van der Waals surface area contributed by atoms with Crippen molar-refractivity contribution in [1.29, 1.82) is 0 Å². The molecule has 0 aliphatic heterocycles. The van der Waals surface area contributed by atoms with Gasteiger partial charge in [0.15, 0.2) is 17.5 Å². The summed E-state index contributed by atoms with van der Waals surface area (Å²) in [6.07, 6.45) is 3.79. The molecular formula is C33H25N5. The van der Waals surface area contributed by atoms with Crippen LogP contribution in [0, 0.1) is 13.8 Å². The van der Waals surface area contributed by atoms with Gasteiger partial charge in [-0.3, -0.25) is 9.97 Å². The SMILES string of the molecule is Cc1ccc(-c2cccc(-c3nc(-c4ccccc4)nc(-c4cccc(-c5ccc(C)nc5)c4)n3)c2)cn1. The monoisotopic (exact) mass is 491 g/mol. The highest BCUT2D eigenvalue weighted by Gasteiger charge is 2.13. The average molecular weight is 492 g/mol. The summed E-state index contributed by atoms with van der Waals surface area (Å²) in [6, 6.07) is 34.7. The lowest BCUT2D eigenvalue weighted by atomic mass is 10.0. The van der Waals surface area contributed by atoms with Gasteiger partial charge < -0.3 is 0 Å². The molecule has 0 N–H and O–H groups in total. The summed E-state index contributed by atoms with van der Waals surface area (Å²) in [7, 11) is 0. The quantitative estimate of drug-likeness (QED) is 0.248. The minimum absolute atomic E-state index is 0.623. The molecule has 6 rings (SSSR count). The minimum Gasteiger partial charge on any atom is -0.261 e. The molecule has 3 heterocycles. The normalized spacial score (nSPS) is 10.9. The molecule has 0 atom stereocenters. The first-order valence-electron chi connectivity index (χ1n) is 12.5. The average Bonchev–Trinajstić information content (AvgIpc) is 2.98. The molecule has 0 unspecified atom stereocenters. The summed E-state index contributed by atoms with van der Waals surface area (Å²) >= 11 is 0. The molecule has 5 nitrogen and oxygen atoms in total. The Labute approximate surface area is 222 Å². The largest absolute Gasteiger partial charge is 0.261 e. The fourth-order valence-electron chi connectivity index (χ4n) is 4.30. The van der Waals surface area contributed by atoms with E-state index in [1.165, 1.54) is 0 Å². The van der Waals surface area contributed by atoms with Crippen molar-refractivity contribution in [2.24, 2.45) is 0 Å². The Hall–Kier alpha value is -5.03. The molecule has 3 aromatic heterocycles. The third-order valence-electron chi connectivity index (χ3n) is 6.40. The second-order valence-electron chi connectivity index (χ2n) is 9.21. The fraction of sp³-hybridized carbons (Fsp3) is 0.0606. The zero-order valence-corrected chi connectivity index (χ0v) is 21.2. The van der Waals surface area contributed by atoms with Gasteiger partial charge in [0.05, 0.1) is 0 Å². The topological polar surface area (TPSA) is 64.5 Å². The highest BCUT2D eigenvalue weighted by Crippen LogP contribution is 2.29. The number of hydrogen-bond donors (Lipinski definition) is 0. The zero-order valence-electron chi connectivity index (χ0n) is 21.2. The van der Waals surface area contributed by atoms with Gasteiger partial charge in [-0.15, -0.1) is 0 Å². The van der Waals surface area contributed by atoms with Crippen molar-refractivity contribution in [3.8, 4) is 56.4 Å². The van der Waals surface area contributed by atoms with Gasteiger partial charge in [0, 0.05) is 51.6 Å². The molecule has 38 heavy (non-hydrogen) atoms. The van der Waals surface area contributed by atoms with Crippen molar-refractivity contribution in [1.82, 2.24) is 24.9 Å². The van der Waals surface area contributed by atoms with E-state index in [1.807, 2.05) is 93.0 Å². The first-order chi connectivity index (χ1) is 18.6. The maximum absolute atomic E-state index is 4.94. The summed E-state index contributed by atoms with van der Waals surface area (Å²) in [4.78, 5) is 23.6. The van der Waals surface area contributed by atoms with Crippen LogP contribution >= 0.6 is 0 Å². The van der Waals surface area contributed by atoms with E-state index in [9.17, 15) is 0 Å². The van der Waals surface area contributed by atoms with Crippen molar-refractivity contribution in [3.05, 3.63) is 127 Å². The Morgan fingerprint density at radius 3 is 1.24 bits per heavy atom. The van der Waals surface area contributed by atoms with Crippen LogP contribution in [0.1, 0.15) is 11.4 Å². The second-order valence-corrected chi connectivity index (χ2v) is 9.21. The Balaban J connectivity index is 1.48. The number of rotatable bonds is 5. The van der Waals surface area contributed by atoms with Gasteiger partial charge in [0.1, 0.15) is 0 Å². The molecule has 182 valence electrons. The predicted octanol–water partition coefficient (Wildman–Crippen LogP) is 7.61. The van der Waals surface area contributed by atoms with Crippen molar-refractivity contribution in [2.45, 2.75) is 13.8 Å². The lowest BCUT2D eigenvalue weighted by Crippen LogP contribution is -2.00. The van der Waals surface area contributed by atoms with Gasteiger partial charge in [-0.25, -0.2) is 15.0 Å². The van der Waals surface area contributed by atoms with Crippen LogP contribution in [0.5, 0.6) is 0 Å². The summed E-state index contributed by atoms with van der Waals surface area (Å²) in [5.41, 5.74) is 8.98. The fourth-order valence-corrected chi connectivity index (χ4v) is 4.30. The number of aryl methyl sites for hydroxylation is 2. The highest BCUT2D eigenvalue weighted by molar-refractivity contribution is 5.74. The van der Waals surface area contributed by atoms with Gasteiger partial charge in [0.2, 0.25) is 0 Å². The molecule has 5 heteroatoms. The highest BCUT2D eigenvalue weighted by atomic mass is 15.0. The maximum atomic E-state index is 4.94. The summed E-state index contributed by atoms with van der Waals surface area (Å²) in [5.74, 6) is 1.88. The van der Waals surface area contributed by atoms with E-state index in [-0.39, 0.29) is 0 Å². The molecule has 6 aromatic rings. The van der Waals surface area contributed by atoms with Crippen LogP contribution in [0.3, 0.4) is 0 Å². The Bertz CT molecular complexity index is 1600. The molecule has 0 aliphatic carbocycles. The van der Waals surface area contributed by atoms with Gasteiger partial charge in [0.25, 0.3) is 0 Å². The molecule has 0 saturated carbocycles. The van der Waals surface area contributed by atoms with E-state index >= 15 is 0 Å². The molecule has 0 amide bonds. The van der Waals surface area contributed by atoms with Crippen molar-refractivity contribution in [2.75, 3.05) is 0 Å². The Kier molecular flexibility index (Phi) is 6.24. The summed E-state index contributed by atoms with van der Waals surface area (Å²) < 4.78 is 0. The van der Waals surface area contributed by atoms with E-state index in [0.717, 1.165) is 50.3 Å². The maximum Gasteiger partial charge on any atom is 0.164 e. The minimum atomic E-state index is 0.623. The van der Waals surface area contributed by atoms with Crippen LogP contribution in [0.4, 0.5) is 0 Å². The first-order valence-corrected chi connectivity index (χ1v) is 12.5. The van der Waals surface area contributed by atoms with Crippen LogP contribution in [0.15, 0.2) is 116 Å². The molecule has 0 spiro atoms. The Morgan fingerprint density at radius 2 is 0.789 bits per heavy atom. The van der Waals surface area contributed by atoms with Crippen LogP contribution in [-0.2, 0) is 0 Å². The van der Waals surface area contributed by atoms with Crippen LogP contribution < -0.4 is 0 Å². The van der Waals surface area contributed by atoms with Crippen molar-refractivity contribution < 1.29 is 0 Å². The molecule has 0 aliphatic rings. The number of benzene rings is 3. The molecular weight excluding hydrogens is 466 g/mol. The number of nitrogens with zero attached hydrogens (tertiary/aromatic N) is 5. The molecule has 0 saturated heterocycles. The van der Waals surface area contributed by atoms with Crippen LogP contribution in [-0.4, -0.2) is 24.9 Å². The summed E-state index contributed by atoms with van der Waals surface area (Å²) in [5, 5.41) is 0. The predicted molar refractivity (Wildman–Crippen MR) is 152 cm³/mol. The van der Waals surface area contributed by atoms with E-state index in [2.05, 4.69) is 46.4 Å². The lowest BCUT2D eigenvalue weighted by Gasteiger charge is -2.10. The third-order valence-corrected chi connectivity index (χ3v) is 6.40. The smallest absolute Gasteiger partial charge is 0.164 e. The zero-order chi connectivity index (χ0) is 25.9. The third kappa shape index (κ3) is 4.95. The van der Waals surface area contributed by atoms with Gasteiger partial charge in [-0.1, -0.05) is 78.9 Å². The summed E-state index contributed by atoms with van der Waals surface area (Å²) in [6.45, 7) is 3.98. The number of pyridine rings is 2. The number of hydrogen-bond acceptors (Lipinski definition) is 5. The standard InChI is InChI=1S/C33H25N5/c1-22-14-16-29(20-34-22)25-10-6-12-27(18-25)32-36-31(24-8-4-3-5-9-24)37-33(38-32)28-13-7-11-26(19-28)30-17-15-23(2)35-21-30/h3-21H,1-2H3. The van der Waals surface area contributed by atoms with Gasteiger partial charge >= 0.3 is 0 Å². The van der Waals surface area contributed by atoms with E-state index < -0.39 is 0 Å². The molecule has 3 aromatic carbocycles. The van der Waals surface area contributed by atoms with E-state index in [1.54, 1.807) is 0 Å². The van der Waals surface area contributed by atoms with Gasteiger partial charge in [-0.2, -0.15) is 0 Å². The van der Waals surface area contributed by atoms with Gasteiger partial charge in [-0.05, 0) is 49.2 Å². The number of aromatic nitrogens is 5. The lowest BCUT2D eigenvalue weighted by molar-refractivity contribution is 1.07. The van der Waals surface area contributed by atoms with E-state index in [4.69, 9.17) is 15.0 Å². The second kappa shape index (κ2) is 10.1. The molecule has 0 radical (unpaired) electrons. The Morgan fingerprint density at radius 1 is 0.368 bits per heavy atom. The van der Waals surface area contributed by atoms with Crippen LogP contribution in [0.2, 0.25) is 0 Å².